The van der Waals surface area contributed by atoms with Crippen molar-refractivity contribution in [2.45, 2.75) is 25.9 Å². The van der Waals surface area contributed by atoms with Crippen molar-refractivity contribution in [3.8, 4) is 11.1 Å². The van der Waals surface area contributed by atoms with Gasteiger partial charge in [0.05, 0.1) is 0 Å². The second-order valence-electron chi connectivity index (χ2n) is 6.86. The summed E-state index contributed by atoms with van der Waals surface area (Å²) in [5.41, 5.74) is 2.70. The quantitative estimate of drug-likeness (QED) is 0.844. The highest BCUT2D eigenvalue weighted by Gasteiger charge is 2.28. The Kier molecular flexibility index (Phi) is 6.14. The zero-order valence-electron chi connectivity index (χ0n) is 15.2. The van der Waals surface area contributed by atoms with Gasteiger partial charge in [-0.3, -0.25) is 9.59 Å². The minimum absolute atomic E-state index is 0.0395. The number of amides is 2. The van der Waals surface area contributed by atoms with Gasteiger partial charge >= 0.3 is 0 Å². The zero-order chi connectivity index (χ0) is 19.4. The highest BCUT2D eigenvalue weighted by molar-refractivity contribution is 6.30. The molecule has 1 aliphatic heterocycles. The molecule has 0 aromatic heterocycles. The number of carbonyl (C=O) groups is 2. The largest absolute Gasteiger partial charge is 0.384 e. The van der Waals surface area contributed by atoms with Crippen molar-refractivity contribution in [1.29, 1.82) is 0 Å². The number of nitrogens with one attached hydrogen (secondary N) is 1. The van der Waals surface area contributed by atoms with Gasteiger partial charge < -0.3 is 15.3 Å². The van der Waals surface area contributed by atoms with Crippen LogP contribution < -0.4 is 5.32 Å². The number of benzene rings is 2. The van der Waals surface area contributed by atoms with Crippen molar-refractivity contribution in [1.82, 2.24) is 4.90 Å². The molecular formula is C21H23ClN2O3. The summed E-state index contributed by atoms with van der Waals surface area (Å²) >= 11 is 6.06. The predicted molar refractivity (Wildman–Crippen MR) is 107 cm³/mol. The molecule has 3 rings (SSSR count). The van der Waals surface area contributed by atoms with E-state index in [0.29, 0.717) is 31.0 Å². The number of carbonyl (C=O) groups excluding carboxylic acids is 2. The molecule has 0 aliphatic carbocycles. The minimum atomic E-state index is -0.996. The summed E-state index contributed by atoms with van der Waals surface area (Å²) in [7, 11) is 0. The number of hydrogen-bond acceptors (Lipinski definition) is 3. The first-order valence-electron chi connectivity index (χ1n) is 9.08. The molecule has 1 aliphatic rings. The van der Waals surface area contributed by atoms with Crippen molar-refractivity contribution in [3.63, 3.8) is 0 Å². The number of nitrogens with zero attached hydrogens (tertiary/aromatic N) is 1. The van der Waals surface area contributed by atoms with Crippen molar-refractivity contribution in [2.75, 3.05) is 18.4 Å². The van der Waals surface area contributed by atoms with Crippen LogP contribution in [0.3, 0.4) is 0 Å². The molecule has 0 unspecified atom stereocenters. The van der Waals surface area contributed by atoms with Crippen LogP contribution >= 0.6 is 11.6 Å². The third-order valence-electron chi connectivity index (χ3n) is 4.82. The van der Waals surface area contributed by atoms with E-state index in [-0.39, 0.29) is 17.7 Å². The molecule has 2 aromatic rings. The Morgan fingerprint density at radius 3 is 2.37 bits per heavy atom. The SMILES string of the molecule is C[C@H](O)C(=O)N1CCC(C(=O)Nc2cccc(-c3cccc(Cl)c3)c2)CC1. The summed E-state index contributed by atoms with van der Waals surface area (Å²) in [5.74, 6) is -0.455. The minimum Gasteiger partial charge on any atom is -0.384 e. The molecule has 142 valence electrons. The van der Waals surface area contributed by atoms with Gasteiger partial charge in [-0.1, -0.05) is 35.9 Å². The van der Waals surface area contributed by atoms with Gasteiger partial charge in [-0.05, 0) is 55.2 Å². The first-order chi connectivity index (χ1) is 12.9. The van der Waals surface area contributed by atoms with Gasteiger partial charge in [0.1, 0.15) is 6.10 Å². The Morgan fingerprint density at radius 1 is 1.11 bits per heavy atom. The van der Waals surface area contributed by atoms with Crippen LogP contribution in [-0.2, 0) is 9.59 Å². The topological polar surface area (TPSA) is 69.6 Å². The molecule has 1 fully saturated rings. The van der Waals surface area contributed by atoms with Crippen LogP contribution in [0, 0.1) is 5.92 Å². The Morgan fingerprint density at radius 2 is 1.74 bits per heavy atom. The van der Waals surface area contributed by atoms with Gasteiger partial charge in [0, 0.05) is 29.7 Å². The van der Waals surface area contributed by atoms with E-state index in [1.807, 2.05) is 48.5 Å². The van der Waals surface area contributed by atoms with E-state index in [0.717, 1.165) is 16.8 Å². The third-order valence-corrected chi connectivity index (χ3v) is 5.06. The highest BCUT2D eigenvalue weighted by atomic mass is 35.5. The normalized spacial score (nSPS) is 16.0. The number of hydrogen-bond donors (Lipinski definition) is 2. The molecule has 2 amide bonds. The molecule has 6 heteroatoms. The fourth-order valence-electron chi connectivity index (χ4n) is 3.32. The fourth-order valence-corrected chi connectivity index (χ4v) is 3.51. The molecule has 0 spiro atoms. The lowest BCUT2D eigenvalue weighted by Crippen LogP contribution is -2.44. The van der Waals surface area contributed by atoms with Gasteiger partial charge in [0.25, 0.3) is 5.91 Å². The van der Waals surface area contributed by atoms with E-state index < -0.39 is 6.10 Å². The second kappa shape index (κ2) is 8.55. The molecule has 1 atom stereocenters. The van der Waals surface area contributed by atoms with Crippen LogP contribution in [0.5, 0.6) is 0 Å². The van der Waals surface area contributed by atoms with Crippen molar-refractivity contribution in [2.24, 2.45) is 5.92 Å². The zero-order valence-corrected chi connectivity index (χ0v) is 15.9. The van der Waals surface area contributed by atoms with Crippen molar-refractivity contribution in [3.05, 3.63) is 53.6 Å². The summed E-state index contributed by atoms with van der Waals surface area (Å²) in [5, 5.41) is 13.0. The lowest BCUT2D eigenvalue weighted by Gasteiger charge is -2.32. The van der Waals surface area contributed by atoms with Crippen LogP contribution in [0.2, 0.25) is 5.02 Å². The number of likely N-dealkylation sites (tertiary alicyclic amines) is 1. The molecule has 2 N–H and O–H groups in total. The van der Waals surface area contributed by atoms with E-state index in [1.165, 1.54) is 6.92 Å². The molecular weight excluding hydrogens is 364 g/mol. The first-order valence-corrected chi connectivity index (χ1v) is 9.45. The van der Waals surface area contributed by atoms with Gasteiger partial charge in [0.15, 0.2) is 0 Å². The summed E-state index contributed by atoms with van der Waals surface area (Å²) in [4.78, 5) is 26.0. The maximum Gasteiger partial charge on any atom is 0.251 e. The number of aliphatic hydroxyl groups excluding tert-OH is 1. The lowest BCUT2D eigenvalue weighted by molar-refractivity contribution is -0.141. The monoisotopic (exact) mass is 386 g/mol. The maximum atomic E-state index is 12.6. The molecule has 0 radical (unpaired) electrons. The van der Waals surface area contributed by atoms with Crippen molar-refractivity contribution >= 4 is 29.1 Å². The molecule has 1 saturated heterocycles. The maximum absolute atomic E-state index is 12.6. The molecule has 27 heavy (non-hydrogen) atoms. The number of anilines is 1. The van der Waals surface area contributed by atoms with Gasteiger partial charge in [-0.25, -0.2) is 0 Å². The fraction of sp³-hybridized carbons (Fsp3) is 0.333. The van der Waals surface area contributed by atoms with Gasteiger partial charge in [-0.2, -0.15) is 0 Å². The average molecular weight is 387 g/mol. The predicted octanol–water partition coefficient (Wildman–Crippen LogP) is 3.56. The molecule has 0 bridgehead atoms. The number of rotatable bonds is 4. The van der Waals surface area contributed by atoms with E-state index in [2.05, 4.69) is 5.32 Å². The van der Waals surface area contributed by atoms with E-state index >= 15 is 0 Å². The van der Waals surface area contributed by atoms with Crippen LogP contribution in [0.15, 0.2) is 48.5 Å². The molecule has 2 aromatic carbocycles. The Labute approximate surface area is 163 Å². The van der Waals surface area contributed by atoms with E-state index in [1.54, 1.807) is 4.90 Å². The average Bonchev–Trinajstić information content (AvgIpc) is 2.67. The Bertz CT molecular complexity index is 830. The first kappa shape index (κ1) is 19.4. The number of aliphatic hydroxyl groups is 1. The smallest absolute Gasteiger partial charge is 0.251 e. The highest BCUT2D eigenvalue weighted by Crippen LogP contribution is 2.26. The molecule has 0 saturated carbocycles. The van der Waals surface area contributed by atoms with Crippen LogP contribution in [0.25, 0.3) is 11.1 Å². The Hall–Kier alpha value is -2.37. The van der Waals surface area contributed by atoms with Crippen LogP contribution in [-0.4, -0.2) is 41.0 Å². The summed E-state index contributed by atoms with van der Waals surface area (Å²) in [6.07, 6.45) is 0.195. The number of piperidine rings is 1. The standard InChI is InChI=1S/C21H23ClN2O3/c1-14(25)21(27)24-10-8-15(9-11-24)20(26)23-19-7-3-5-17(13-19)16-4-2-6-18(22)12-16/h2-7,12-15,25H,8-11H2,1H3,(H,23,26)/t14-/m0/s1. The van der Waals surface area contributed by atoms with E-state index in [4.69, 9.17) is 11.6 Å². The van der Waals surface area contributed by atoms with Gasteiger partial charge in [0.2, 0.25) is 5.91 Å². The Balaban J connectivity index is 1.62. The summed E-state index contributed by atoms with van der Waals surface area (Å²) < 4.78 is 0. The molecule has 1 heterocycles. The second-order valence-corrected chi connectivity index (χ2v) is 7.29. The number of halogens is 1. The van der Waals surface area contributed by atoms with E-state index in [9.17, 15) is 14.7 Å². The van der Waals surface area contributed by atoms with Gasteiger partial charge in [-0.15, -0.1) is 0 Å². The lowest BCUT2D eigenvalue weighted by atomic mass is 9.95. The summed E-state index contributed by atoms with van der Waals surface area (Å²) in [6.45, 7) is 2.45. The molecule has 5 nitrogen and oxygen atoms in total. The summed E-state index contributed by atoms with van der Waals surface area (Å²) in [6, 6.07) is 15.2. The third kappa shape index (κ3) is 4.87. The van der Waals surface area contributed by atoms with Crippen LogP contribution in [0.1, 0.15) is 19.8 Å². The van der Waals surface area contributed by atoms with Crippen molar-refractivity contribution < 1.29 is 14.7 Å². The van der Waals surface area contributed by atoms with Crippen LogP contribution in [0.4, 0.5) is 5.69 Å².